The van der Waals surface area contributed by atoms with Gasteiger partial charge in [0.05, 0.1) is 35.3 Å². The minimum atomic E-state index is -4.69. The molecule has 11 heteroatoms. The van der Waals surface area contributed by atoms with Crippen molar-refractivity contribution in [1.82, 2.24) is 0 Å². The average molecular weight is 451 g/mol. The van der Waals surface area contributed by atoms with E-state index >= 15 is 0 Å². The van der Waals surface area contributed by atoms with Crippen LogP contribution in [0.25, 0.3) is 0 Å². The zero-order valence-electron chi connectivity index (χ0n) is 15.6. The van der Waals surface area contributed by atoms with E-state index in [1.807, 2.05) is 0 Å². The molecule has 0 spiro atoms. The van der Waals surface area contributed by atoms with Crippen LogP contribution >= 0.6 is 11.6 Å². The highest BCUT2D eigenvalue weighted by Gasteiger charge is 2.35. The second-order valence-corrected chi connectivity index (χ2v) is 8.35. The summed E-state index contributed by atoms with van der Waals surface area (Å²) in [5.41, 5.74) is -1.46. The predicted molar refractivity (Wildman–Crippen MR) is 105 cm³/mol. The molecule has 0 radical (unpaired) electrons. The number of para-hydroxylation sites is 1. The van der Waals surface area contributed by atoms with E-state index in [0.29, 0.717) is 5.75 Å². The van der Waals surface area contributed by atoms with Gasteiger partial charge in [0.2, 0.25) is 15.9 Å². The Labute approximate surface area is 171 Å². The molecule has 29 heavy (non-hydrogen) atoms. The van der Waals surface area contributed by atoms with Crippen molar-refractivity contribution in [2.75, 3.05) is 23.0 Å². The fourth-order valence-corrected chi connectivity index (χ4v) is 4.10. The van der Waals surface area contributed by atoms with Gasteiger partial charge in [0.15, 0.2) is 0 Å². The molecule has 0 fully saturated rings. The number of amides is 1. The minimum absolute atomic E-state index is 0.0602. The van der Waals surface area contributed by atoms with E-state index in [4.69, 9.17) is 16.3 Å². The largest absolute Gasteiger partial charge is 0.495 e. The molecule has 1 amide bonds. The van der Waals surface area contributed by atoms with Crippen LogP contribution in [0.3, 0.4) is 0 Å². The number of alkyl halides is 3. The van der Waals surface area contributed by atoms with Gasteiger partial charge in [-0.1, -0.05) is 23.7 Å². The zero-order valence-corrected chi connectivity index (χ0v) is 17.2. The molecule has 0 unspecified atom stereocenters. The number of hydrogen-bond acceptors (Lipinski definition) is 4. The third kappa shape index (κ3) is 5.33. The normalized spacial score (nSPS) is 12.9. The number of ether oxygens (including phenoxy) is 1. The van der Waals surface area contributed by atoms with E-state index in [-0.39, 0.29) is 10.7 Å². The fourth-order valence-electron chi connectivity index (χ4n) is 2.68. The lowest BCUT2D eigenvalue weighted by atomic mass is 10.1. The quantitative estimate of drug-likeness (QED) is 0.717. The number of halogens is 4. The van der Waals surface area contributed by atoms with Gasteiger partial charge in [0, 0.05) is 0 Å². The van der Waals surface area contributed by atoms with Crippen LogP contribution in [0.15, 0.2) is 42.5 Å². The first-order valence-corrected chi connectivity index (χ1v) is 10.4. The van der Waals surface area contributed by atoms with E-state index in [1.165, 1.54) is 44.4 Å². The van der Waals surface area contributed by atoms with Crippen molar-refractivity contribution in [3.63, 3.8) is 0 Å². The molecular formula is C18H18ClF3N2O4S. The van der Waals surface area contributed by atoms with Crippen molar-refractivity contribution in [1.29, 1.82) is 0 Å². The molecular weight excluding hydrogens is 433 g/mol. The number of rotatable bonds is 6. The second kappa shape index (κ2) is 8.50. The molecule has 0 aliphatic heterocycles. The van der Waals surface area contributed by atoms with E-state index in [0.717, 1.165) is 22.7 Å². The highest BCUT2D eigenvalue weighted by Crippen LogP contribution is 2.35. The van der Waals surface area contributed by atoms with Gasteiger partial charge in [-0.15, -0.1) is 0 Å². The summed E-state index contributed by atoms with van der Waals surface area (Å²) in [6.07, 6.45) is -3.81. The molecule has 1 atom stereocenters. The second-order valence-electron chi connectivity index (χ2n) is 6.09. The van der Waals surface area contributed by atoms with Crippen molar-refractivity contribution in [3.05, 3.63) is 53.1 Å². The number of anilines is 2. The summed E-state index contributed by atoms with van der Waals surface area (Å²) in [7, 11) is -2.60. The molecule has 0 aliphatic carbocycles. The Hall–Kier alpha value is -2.46. The summed E-state index contributed by atoms with van der Waals surface area (Å²) >= 11 is 6.04. The van der Waals surface area contributed by atoms with Gasteiger partial charge in [-0.05, 0) is 37.3 Å². The van der Waals surface area contributed by atoms with Crippen LogP contribution in [0.5, 0.6) is 5.75 Å². The van der Waals surface area contributed by atoms with Gasteiger partial charge in [-0.3, -0.25) is 9.10 Å². The Morgan fingerprint density at radius 1 is 1.21 bits per heavy atom. The van der Waals surface area contributed by atoms with Gasteiger partial charge in [-0.25, -0.2) is 8.42 Å². The number of hydrogen-bond donors (Lipinski definition) is 1. The molecule has 1 N–H and O–H groups in total. The number of carbonyl (C=O) groups excluding carboxylic acids is 1. The van der Waals surface area contributed by atoms with Crippen molar-refractivity contribution >= 4 is 38.9 Å². The van der Waals surface area contributed by atoms with Crippen LogP contribution in [0.1, 0.15) is 12.5 Å². The number of nitrogens with one attached hydrogen (secondary N) is 1. The number of carbonyl (C=O) groups is 1. The van der Waals surface area contributed by atoms with Crippen LogP contribution < -0.4 is 14.4 Å². The molecule has 0 heterocycles. The van der Waals surface area contributed by atoms with Crippen LogP contribution in [0.4, 0.5) is 24.5 Å². The van der Waals surface area contributed by atoms with Gasteiger partial charge < -0.3 is 10.1 Å². The third-order valence-electron chi connectivity index (χ3n) is 3.97. The van der Waals surface area contributed by atoms with Gasteiger partial charge in [0.25, 0.3) is 0 Å². The molecule has 0 aromatic heterocycles. The number of nitrogens with zero attached hydrogens (tertiary/aromatic N) is 1. The first-order valence-electron chi connectivity index (χ1n) is 8.16. The molecule has 0 saturated heterocycles. The standard InChI is InChI=1S/C18H18ClF3N2O4S/c1-11(17(25)23-15-7-5-4-6-13(15)18(20,21)22)24(29(3,26)27)12-8-9-16(28-2)14(19)10-12/h4-11H,1-3H3,(H,23,25)/t11-/m0/s1. The molecule has 2 rings (SSSR count). The molecule has 158 valence electrons. The molecule has 6 nitrogen and oxygen atoms in total. The van der Waals surface area contributed by atoms with Crippen LogP contribution in [-0.2, 0) is 21.0 Å². The molecule has 2 aromatic carbocycles. The summed E-state index contributed by atoms with van der Waals surface area (Å²) in [6.45, 7) is 1.25. The molecule has 0 bridgehead atoms. The van der Waals surface area contributed by atoms with E-state index in [9.17, 15) is 26.4 Å². The topological polar surface area (TPSA) is 75.7 Å². The summed E-state index contributed by atoms with van der Waals surface area (Å²) in [5.74, 6) is -0.654. The lowest BCUT2D eigenvalue weighted by Crippen LogP contribution is -2.45. The van der Waals surface area contributed by atoms with E-state index in [1.54, 1.807) is 0 Å². The van der Waals surface area contributed by atoms with Crippen molar-refractivity contribution < 1.29 is 31.1 Å². The third-order valence-corrected chi connectivity index (χ3v) is 5.51. The fraction of sp³-hybridized carbons (Fsp3) is 0.278. The lowest BCUT2D eigenvalue weighted by molar-refractivity contribution is -0.137. The molecule has 0 saturated carbocycles. The maximum absolute atomic E-state index is 13.1. The highest BCUT2D eigenvalue weighted by molar-refractivity contribution is 7.92. The summed E-state index contributed by atoms with van der Waals surface area (Å²) in [6, 6.07) is 7.13. The van der Waals surface area contributed by atoms with E-state index < -0.39 is 39.4 Å². The predicted octanol–water partition coefficient (Wildman–Crippen LogP) is 4.16. The number of sulfonamides is 1. The van der Waals surface area contributed by atoms with Crippen LogP contribution in [0.2, 0.25) is 5.02 Å². The minimum Gasteiger partial charge on any atom is -0.495 e. The lowest BCUT2D eigenvalue weighted by Gasteiger charge is -2.29. The summed E-state index contributed by atoms with van der Waals surface area (Å²) in [5, 5.41) is 2.26. The SMILES string of the molecule is COc1ccc(N([C@@H](C)C(=O)Nc2ccccc2C(F)(F)F)S(C)(=O)=O)cc1Cl. The first kappa shape index (κ1) is 22.8. The van der Waals surface area contributed by atoms with Crippen molar-refractivity contribution in [3.8, 4) is 5.75 Å². The average Bonchev–Trinajstić information content (AvgIpc) is 2.60. The summed E-state index contributed by atoms with van der Waals surface area (Å²) < 4.78 is 69.8. The Balaban J connectivity index is 2.40. The number of methoxy groups -OCH3 is 1. The Kier molecular flexibility index (Phi) is 6.69. The molecule has 2 aromatic rings. The van der Waals surface area contributed by atoms with Gasteiger partial charge >= 0.3 is 6.18 Å². The van der Waals surface area contributed by atoms with Crippen molar-refractivity contribution in [2.45, 2.75) is 19.1 Å². The highest BCUT2D eigenvalue weighted by atomic mass is 35.5. The van der Waals surface area contributed by atoms with Gasteiger partial charge in [0.1, 0.15) is 11.8 Å². The monoisotopic (exact) mass is 450 g/mol. The van der Waals surface area contributed by atoms with Gasteiger partial charge in [-0.2, -0.15) is 13.2 Å². The van der Waals surface area contributed by atoms with Crippen LogP contribution in [0, 0.1) is 0 Å². The Morgan fingerprint density at radius 2 is 1.83 bits per heavy atom. The summed E-state index contributed by atoms with van der Waals surface area (Å²) in [4.78, 5) is 12.6. The van der Waals surface area contributed by atoms with Crippen molar-refractivity contribution in [2.24, 2.45) is 0 Å². The van der Waals surface area contributed by atoms with E-state index in [2.05, 4.69) is 5.32 Å². The first-order chi connectivity index (χ1) is 13.4. The van der Waals surface area contributed by atoms with Crippen LogP contribution in [-0.4, -0.2) is 33.7 Å². The zero-order chi connectivity index (χ0) is 22.0. The maximum Gasteiger partial charge on any atom is 0.418 e. The molecule has 0 aliphatic rings. The maximum atomic E-state index is 13.1. The number of benzene rings is 2. The smallest absolute Gasteiger partial charge is 0.418 e. The Bertz CT molecular complexity index is 1010. The Morgan fingerprint density at radius 3 is 2.34 bits per heavy atom.